The van der Waals surface area contributed by atoms with Crippen LogP contribution in [0.5, 0.6) is 23.5 Å². The Kier molecular flexibility index (Phi) is 15.1. The van der Waals surface area contributed by atoms with Gasteiger partial charge in [0, 0.05) is 35.7 Å². The van der Waals surface area contributed by atoms with Crippen molar-refractivity contribution in [2.24, 2.45) is 0 Å². The number of pyridine rings is 6. The zero-order chi connectivity index (χ0) is 53.3. The van der Waals surface area contributed by atoms with Crippen LogP contribution in [-0.4, -0.2) is 85.6 Å². The average Bonchev–Trinajstić information content (AvgIpc) is 3.25. The monoisotopic (exact) mass is 1110 g/mol. The van der Waals surface area contributed by atoms with Crippen LogP contribution in [0.15, 0.2) is 109 Å². The standard InChI is InChI=1S/C38H24F12N6O12S4/c39-35(40,41)69(57,58)65-29-15-3-11-25(53-29)33(26-12-4-16-30(54-26)66-70(59,60)36(42,43)44)23-9-1-7-21(51-23)19-20-22-8-2-10-24(52-22)34(27-13-5-17-31(55-27)67-71(61,62)37(45,46)47)28-14-6-18-32(56-28)68-72(63,64)38(48,49)50/h1-18,33-34H,19-20H2. The van der Waals surface area contributed by atoms with E-state index in [1.54, 1.807) is 0 Å². The topological polar surface area (TPSA) is 251 Å². The Bertz CT molecular complexity index is 3030. The summed E-state index contributed by atoms with van der Waals surface area (Å²) in [7, 11) is -25.2. The van der Waals surface area contributed by atoms with Crippen molar-refractivity contribution in [3.8, 4) is 23.5 Å². The van der Waals surface area contributed by atoms with Gasteiger partial charge in [-0.2, -0.15) is 86.4 Å². The number of nitrogens with zero attached hydrogens (tertiary/aromatic N) is 6. The third-order valence-corrected chi connectivity index (χ3v) is 12.8. The zero-order valence-electron chi connectivity index (χ0n) is 34.7. The molecule has 0 bridgehead atoms. The fourth-order valence-electron chi connectivity index (χ4n) is 5.95. The van der Waals surface area contributed by atoms with Crippen LogP contribution in [0.1, 0.15) is 57.4 Å². The normalized spacial score (nSPS) is 13.2. The molecular formula is C38H24F12N6O12S4. The molecule has 34 heteroatoms. The highest BCUT2D eigenvalue weighted by Crippen LogP contribution is 2.36. The summed E-state index contributed by atoms with van der Waals surface area (Å²) >= 11 is 0. The van der Waals surface area contributed by atoms with Crippen LogP contribution in [-0.2, 0) is 53.3 Å². The first-order chi connectivity index (χ1) is 33.2. The Morgan fingerprint density at radius 2 is 0.514 bits per heavy atom. The predicted octanol–water partition coefficient (Wildman–Crippen LogP) is 7.12. The first-order valence-electron chi connectivity index (χ1n) is 19.0. The lowest BCUT2D eigenvalue weighted by molar-refractivity contribution is -0.0506. The molecule has 6 rings (SSSR count). The summed E-state index contributed by atoms with van der Waals surface area (Å²) in [5.41, 5.74) is -25.3. The lowest BCUT2D eigenvalue weighted by Crippen LogP contribution is -2.28. The van der Waals surface area contributed by atoms with Crippen molar-refractivity contribution in [2.45, 2.75) is 46.7 Å². The lowest BCUT2D eigenvalue weighted by atomic mass is 9.94. The smallest absolute Gasteiger partial charge is 0.355 e. The second kappa shape index (κ2) is 19.9. The number of alkyl halides is 12. The van der Waals surface area contributed by atoms with Gasteiger partial charge in [0.2, 0.25) is 23.5 Å². The molecule has 72 heavy (non-hydrogen) atoms. The van der Waals surface area contributed by atoms with Gasteiger partial charge in [-0.3, -0.25) is 9.97 Å². The minimum Gasteiger partial charge on any atom is -0.355 e. The van der Waals surface area contributed by atoms with Gasteiger partial charge in [-0.15, -0.1) is 0 Å². The van der Waals surface area contributed by atoms with Crippen molar-refractivity contribution in [3.63, 3.8) is 0 Å². The largest absolute Gasteiger partial charge is 0.534 e. The summed E-state index contributed by atoms with van der Waals surface area (Å²) < 4.78 is 269. The quantitative estimate of drug-likeness (QED) is 0.0501. The maximum Gasteiger partial charge on any atom is 0.534 e. The van der Waals surface area contributed by atoms with Crippen LogP contribution in [0.4, 0.5) is 52.7 Å². The number of rotatable bonds is 17. The molecule has 386 valence electrons. The van der Waals surface area contributed by atoms with E-state index in [1.807, 2.05) is 0 Å². The van der Waals surface area contributed by atoms with Crippen molar-refractivity contribution >= 4 is 40.5 Å². The Morgan fingerprint density at radius 3 is 0.722 bits per heavy atom. The molecule has 6 aromatic rings. The second-order valence-corrected chi connectivity index (χ2v) is 20.2. The first-order valence-corrected chi connectivity index (χ1v) is 24.6. The second-order valence-electron chi connectivity index (χ2n) is 14.0. The fraction of sp³-hybridized carbons (Fsp3) is 0.211. The maximum absolute atomic E-state index is 13.2. The highest BCUT2D eigenvalue weighted by Gasteiger charge is 2.51. The van der Waals surface area contributed by atoms with Crippen molar-refractivity contribution in [2.75, 3.05) is 0 Å². The molecule has 0 aliphatic carbocycles. The minimum atomic E-state index is -6.30. The van der Waals surface area contributed by atoms with Crippen molar-refractivity contribution < 1.29 is 103 Å². The summed E-state index contributed by atoms with van der Waals surface area (Å²) in [4.78, 5) is 24.3. The lowest BCUT2D eigenvalue weighted by Gasteiger charge is -2.19. The van der Waals surface area contributed by atoms with Gasteiger partial charge < -0.3 is 16.7 Å². The molecule has 0 saturated heterocycles. The third-order valence-electron chi connectivity index (χ3n) is 8.96. The molecule has 0 unspecified atom stereocenters. The average molecular weight is 1110 g/mol. The molecule has 6 heterocycles. The van der Waals surface area contributed by atoms with Gasteiger partial charge in [-0.1, -0.05) is 36.4 Å². The number of hydrogen-bond acceptors (Lipinski definition) is 18. The highest BCUT2D eigenvalue weighted by molar-refractivity contribution is 7.88. The van der Waals surface area contributed by atoms with Gasteiger partial charge in [0.25, 0.3) is 0 Å². The molecule has 0 aromatic carbocycles. The number of halogens is 12. The maximum atomic E-state index is 13.2. The van der Waals surface area contributed by atoms with Crippen molar-refractivity contribution in [1.29, 1.82) is 0 Å². The van der Waals surface area contributed by atoms with E-state index in [2.05, 4.69) is 46.6 Å². The van der Waals surface area contributed by atoms with Crippen LogP contribution in [0.3, 0.4) is 0 Å². The molecule has 0 radical (unpaired) electrons. The van der Waals surface area contributed by atoms with Gasteiger partial charge >= 0.3 is 62.5 Å². The van der Waals surface area contributed by atoms with E-state index in [0.717, 1.165) is 48.5 Å². The molecule has 0 amide bonds. The fourth-order valence-corrected chi connectivity index (χ4v) is 7.60. The first kappa shape index (κ1) is 54.4. The molecule has 0 saturated carbocycles. The Labute approximate surface area is 397 Å². The summed E-state index contributed by atoms with van der Waals surface area (Å²) in [5, 5.41) is 0. The van der Waals surface area contributed by atoms with Gasteiger partial charge in [0.1, 0.15) is 0 Å². The van der Waals surface area contributed by atoms with Crippen LogP contribution < -0.4 is 16.7 Å². The minimum absolute atomic E-state index is 0.115. The molecule has 0 atom stereocenters. The van der Waals surface area contributed by atoms with Gasteiger partial charge in [-0.05, 0) is 61.4 Å². The van der Waals surface area contributed by atoms with E-state index < -0.39 is 121 Å². The summed E-state index contributed by atoms with van der Waals surface area (Å²) in [6, 6.07) is 19.2. The van der Waals surface area contributed by atoms with Gasteiger partial charge in [-0.25, -0.2) is 19.9 Å². The van der Waals surface area contributed by atoms with Gasteiger partial charge in [0.15, 0.2) is 0 Å². The summed E-state index contributed by atoms with van der Waals surface area (Å²) in [5.74, 6) is -7.74. The van der Waals surface area contributed by atoms with Gasteiger partial charge in [0.05, 0.1) is 46.0 Å². The van der Waals surface area contributed by atoms with E-state index in [9.17, 15) is 86.4 Å². The SMILES string of the molecule is O=S(=O)(Oc1cccc(C(c2cccc(CCc3cccc(C(c4cccc(OS(=O)(=O)C(F)(F)F)n4)c4cccc(OS(=O)(=O)C(F)(F)F)n4)n3)n2)c2cccc(OS(=O)(=O)C(F)(F)F)n2)n1)C(F)(F)F. The number of aryl methyl sites for hydroxylation is 2. The molecule has 0 spiro atoms. The summed E-state index contributed by atoms with van der Waals surface area (Å²) in [6.07, 6.45) is -0.230. The highest BCUT2D eigenvalue weighted by atomic mass is 32.2. The van der Waals surface area contributed by atoms with Crippen LogP contribution in [0, 0.1) is 0 Å². The Balaban J connectivity index is 1.39. The van der Waals surface area contributed by atoms with Crippen molar-refractivity contribution in [3.05, 3.63) is 155 Å². The summed E-state index contributed by atoms with van der Waals surface area (Å²) in [6.45, 7) is 0. The third kappa shape index (κ3) is 12.7. The molecule has 0 aliphatic rings. The molecule has 0 fully saturated rings. The van der Waals surface area contributed by atoms with Crippen molar-refractivity contribution in [1.82, 2.24) is 29.9 Å². The number of hydrogen-bond donors (Lipinski definition) is 0. The Morgan fingerprint density at radius 1 is 0.319 bits per heavy atom. The number of aromatic nitrogens is 6. The van der Waals surface area contributed by atoms with E-state index in [1.165, 1.54) is 36.4 Å². The van der Waals surface area contributed by atoms with Crippen LogP contribution in [0.25, 0.3) is 0 Å². The van der Waals surface area contributed by atoms with Crippen LogP contribution in [0.2, 0.25) is 0 Å². The predicted molar refractivity (Wildman–Crippen MR) is 217 cm³/mol. The molecular weight excluding hydrogens is 1090 g/mol. The zero-order valence-corrected chi connectivity index (χ0v) is 38.0. The molecule has 0 N–H and O–H groups in total. The van der Waals surface area contributed by atoms with E-state index >= 15 is 0 Å². The molecule has 0 aliphatic heterocycles. The van der Waals surface area contributed by atoms with E-state index in [-0.39, 0.29) is 35.6 Å². The van der Waals surface area contributed by atoms with E-state index in [0.29, 0.717) is 24.3 Å². The van der Waals surface area contributed by atoms with Crippen LogP contribution >= 0.6 is 0 Å². The van der Waals surface area contributed by atoms with E-state index in [4.69, 9.17) is 0 Å². The molecule has 18 nitrogen and oxygen atoms in total. The Hall–Kier alpha value is -6.94. The molecule has 6 aromatic heterocycles.